The summed E-state index contributed by atoms with van der Waals surface area (Å²) >= 11 is 0. The van der Waals surface area contributed by atoms with Crippen LogP contribution in [0.25, 0.3) is 0 Å². The van der Waals surface area contributed by atoms with Gasteiger partial charge in [-0.05, 0) is 18.4 Å². The Kier molecular flexibility index (Phi) is 4.24. The summed E-state index contributed by atoms with van der Waals surface area (Å²) in [7, 11) is 1.42. The van der Waals surface area contributed by atoms with E-state index in [1.54, 1.807) is 0 Å². The number of carbonyl (C=O) groups is 1. The van der Waals surface area contributed by atoms with Crippen molar-refractivity contribution < 1.29 is 19.0 Å². The Morgan fingerprint density at radius 2 is 2.05 bits per heavy atom. The smallest absolute Gasteiger partial charge is 0.333 e. The van der Waals surface area contributed by atoms with Crippen LogP contribution in [0.5, 0.6) is 0 Å². The molecule has 2 fully saturated rings. The van der Waals surface area contributed by atoms with Crippen LogP contribution in [-0.2, 0) is 24.5 Å². The highest BCUT2D eigenvalue weighted by Gasteiger charge is 2.46. The Morgan fingerprint density at radius 1 is 1.33 bits per heavy atom. The normalized spacial score (nSPS) is 21.4. The van der Waals surface area contributed by atoms with Crippen LogP contribution in [0.3, 0.4) is 0 Å². The number of carbonyl (C=O) groups excluding carboxylic acids is 1. The van der Waals surface area contributed by atoms with Crippen molar-refractivity contribution in [2.24, 2.45) is 0 Å². The monoisotopic (exact) mass is 291 g/mol. The number of methoxy groups -OCH3 is 1. The largest absolute Gasteiger partial charge is 0.467 e. The molecule has 1 atom stereocenters. The summed E-state index contributed by atoms with van der Waals surface area (Å²) in [5, 5.41) is 3.43. The zero-order chi connectivity index (χ0) is 14.7. The summed E-state index contributed by atoms with van der Waals surface area (Å²) in [6, 6.07) is 10.0. The molecule has 0 aromatic heterocycles. The van der Waals surface area contributed by atoms with Crippen molar-refractivity contribution in [2.45, 2.75) is 30.5 Å². The molecule has 21 heavy (non-hydrogen) atoms. The van der Waals surface area contributed by atoms with Crippen LogP contribution in [0, 0.1) is 0 Å². The van der Waals surface area contributed by atoms with Gasteiger partial charge in [0.25, 0.3) is 0 Å². The number of nitrogens with one attached hydrogen (secondary N) is 1. The van der Waals surface area contributed by atoms with Gasteiger partial charge >= 0.3 is 5.97 Å². The predicted molar refractivity (Wildman–Crippen MR) is 76.9 cm³/mol. The van der Waals surface area contributed by atoms with Gasteiger partial charge in [-0.3, -0.25) is 5.32 Å². The third kappa shape index (κ3) is 3.10. The van der Waals surface area contributed by atoms with Gasteiger partial charge in [0.1, 0.15) is 6.10 Å². The van der Waals surface area contributed by atoms with E-state index in [0.29, 0.717) is 19.3 Å². The predicted octanol–water partition coefficient (Wildman–Crippen LogP) is 1.22. The maximum absolute atomic E-state index is 12.5. The molecule has 1 aromatic carbocycles. The Bertz CT molecular complexity index is 484. The van der Waals surface area contributed by atoms with Crippen molar-refractivity contribution in [3.05, 3.63) is 35.9 Å². The maximum atomic E-state index is 12.5. The Hall–Kier alpha value is -1.43. The van der Waals surface area contributed by atoms with Gasteiger partial charge in [0.15, 0.2) is 5.54 Å². The fourth-order valence-corrected chi connectivity index (χ4v) is 2.47. The van der Waals surface area contributed by atoms with Crippen LogP contribution in [-0.4, -0.2) is 45.0 Å². The second kappa shape index (κ2) is 6.13. The van der Waals surface area contributed by atoms with Gasteiger partial charge in [0.2, 0.25) is 0 Å². The fourth-order valence-electron chi connectivity index (χ4n) is 2.47. The van der Waals surface area contributed by atoms with Gasteiger partial charge in [-0.1, -0.05) is 30.3 Å². The number of hydrogen-bond acceptors (Lipinski definition) is 5. The SMILES string of the molecule is COC(=O)C(COC1COC1)(NC1CC1)c1ccccc1. The molecule has 1 aliphatic heterocycles. The van der Waals surface area contributed by atoms with Crippen LogP contribution < -0.4 is 5.32 Å². The molecule has 2 aliphatic rings. The molecule has 0 bridgehead atoms. The van der Waals surface area contributed by atoms with Crippen molar-refractivity contribution >= 4 is 5.97 Å². The highest BCUT2D eigenvalue weighted by atomic mass is 16.6. The Labute approximate surface area is 124 Å². The number of benzene rings is 1. The second-order valence-corrected chi connectivity index (χ2v) is 5.65. The van der Waals surface area contributed by atoms with Gasteiger partial charge in [0, 0.05) is 6.04 Å². The van der Waals surface area contributed by atoms with E-state index in [1.807, 2.05) is 30.3 Å². The molecule has 0 spiro atoms. The Morgan fingerprint density at radius 3 is 2.57 bits per heavy atom. The van der Waals surface area contributed by atoms with Gasteiger partial charge in [-0.15, -0.1) is 0 Å². The minimum atomic E-state index is -0.938. The van der Waals surface area contributed by atoms with E-state index < -0.39 is 5.54 Å². The molecular formula is C16H21NO4. The van der Waals surface area contributed by atoms with Crippen LogP contribution in [0.15, 0.2) is 30.3 Å². The van der Waals surface area contributed by atoms with E-state index in [1.165, 1.54) is 7.11 Å². The van der Waals surface area contributed by atoms with Crippen molar-refractivity contribution in [3.8, 4) is 0 Å². The van der Waals surface area contributed by atoms with E-state index in [0.717, 1.165) is 18.4 Å². The summed E-state index contributed by atoms with van der Waals surface area (Å²) in [5.41, 5.74) is -0.0590. The van der Waals surface area contributed by atoms with E-state index in [9.17, 15) is 4.79 Å². The molecule has 1 unspecified atom stereocenters. The van der Waals surface area contributed by atoms with E-state index >= 15 is 0 Å². The standard InChI is InChI=1S/C16H21NO4/c1-19-15(18)16(17-13-7-8-13,11-21-14-9-20-10-14)12-5-3-2-4-6-12/h2-6,13-14,17H,7-11H2,1H3. The second-order valence-electron chi connectivity index (χ2n) is 5.65. The lowest BCUT2D eigenvalue weighted by Gasteiger charge is -2.35. The molecular weight excluding hydrogens is 270 g/mol. The first kappa shape index (κ1) is 14.5. The molecule has 5 nitrogen and oxygen atoms in total. The number of ether oxygens (including phenoxy) is 3. The quantitative estimate of drug-likeness (QED) is 0.766. The third-order valence-electron chi connectivity index (χ3n) is 3.97. The number of esters is 1. The first-order valence-corrected chi connectivity index (χ1v) is 7.35. The van der Waals surface area contributed by atoms with Crippen LogP contribution in [0.1, 0.15) is 18.4 Å². The first-order chi connectivity index (χ1) is 10.2. The number of rotatable bonds is 7. The lowest BCUT2D eigenvalue weighted by molar-refractivity contribution is -0.165. The van der Waals surface area contributed by atoms with Gasteiger partial charge in [0.05, 0.1) is 26.9 Å². The van der Waals surface area contributed by atoms with Crippen LogP contribution >= 0.6 is 0 Å². The molecule has 0 radical (unpaired) electrons. The zero-order valence-electron chi connectivity index (χ0n) is 12.2. The van der Waals surface area contributed by atoms with Crippen molar-refractivity contribution in [3.63, 3.8) is 0 Å². The summed E-state index contributed by atoms with van der Waals surface area (Å²) in [6.07, 6.45) is 2.23. The molecule has 3 rings (SSSR count). The maximum Gasteiger partial charge on any atom is 0.333 e. The van der Waals surface area contributed by atoms with Crippen LogP contribution in [0.4, 0.5) is 0 Å². The van der Waals surface area contributed by atoms with Gasteiger partial charge < -0.3 is 14.2 Å². The summed E-state index contributed by atoms with van der Waals surface area (Å²) < 4.78 is 16.1. The van der Waals surface area contributed by atoms with E-state index in [2.05, 4.69) is 5.32 Å². The molecule has 1 heterocycles. The molecule has 1 saturated carbocycles. The van der Waals surface area contributed by atoms with Gasteiger partial charge in [-0.25, -0.2) is 4.79 Å². The fraction of sp³-hybridized carbons (Fsp3) is 0.562. The minimum Gasteiger partial charge on any atom is -0.467 e. The molecule has 1 aliphatic carbocycles. The first-order valence-electron chi connectivity index (χ1n) is 7.35. The van der Waals surface area contributed by atoms with Crippen molar-refractivity contribution in [1.82, 2.24) is 5.32 Å². The average Bonchev–Trinajstić information content (AvgIpc) is 3.28. The third-order valence-corrected chi connectivity index (χ3v) is 3.97. The zero-order valence-corrected chi connectivity index (χ0v) is 12.2. The average molecular weight is 291 g/mol. The molecule has 1 saturated heterocycles. The highest BCUT2D eigenvalue weighted by Crippen LogP contribution is 2.31. The van der Waals surface area contributed by atoms with Gasteiger partial charge in [-0.2, -0.15) is 0 Å². The van der Waals surface area contributed by atoms with Crippen molar-refractivity contribution in [2.75, 3.05) is 26.9 Å². The lowest BCUT2D eigenvalue weighted by atomic mass is 9.90. The molecule has 1 aromatic rings. The summed E-state index contributed by atoms with van der Waals surface area (Å²) in [6.45, 7) is 1.44. The molecule has 0 amide bonds. The molecule has 5 heteroatoms. The number of hydrogen-bond donors (Lipinski definition) is 1. The molecule has 114 valence electrons. The topological polar surface area (TPSA) is 56.8 Å². The minimum absolute atomic E-state index is 0.0683. The van der Waals surface area contributed by atoms with Crippen molar-refractivity contribution in [1.29, 1.82) is 0 Å². The van der Waals surface area contributed by atoms with E-state index in [-0.39, 0.29) is 18.7 Å². The van der Waals surface area contributed by atoms with Crippen LogP contribution in [0.2, 0.25) is 0 Å². The summed E-state index contributed by atoms with van der Waals surface area (Å²) in [4.78, 5) is 12.5. The highest BCUT2D eigenvalue weighted by molar-refractivity contribution is 5.83. The summed E-state index contributed by atoms with van der Waals surface area (Å²) in [5.74, 6) is -0.305. The Balaban J connectivity index is 1.86. The lowest BCUT2D eigenvalue weighted by Crippen LogP contribution is -2.55. The van der Waals surface area contributed by atoms with E-state index in [4.69, 9.17) is 14.2 Å². The molecule has 1 N–H and O–H groups in total.